The topological polar surface area (TPSA) is 92.9 Å². The van der Waals surface area contributed by atoms with Crippen molar-refractivity contribution in [3.63, 3.8) is 0 Å². The fraction of sp³-hybridized carbons (Fsp3) is 0.150. The van der Waals surface area contributed by atoms with Crippen molar-refractivity contribution in [2.75, 3.05) is 17.2 Å². The van der Waals surface area contributed by atoms with E-state index in [0.29, 0.717) is 23.1 Å². The highest BCUT2D eigenvalue weighted by molar-refractivity contribution is 5.93. The molecule has 4 N–H and O–H groups in total. The zero-order valence-electron chi connectivity index (χ0n) is 14.5. The Morgan fingerprint density at radius 1 is 1.12 bits per heavy atom. The second-order valence-corrected chi connectivity index (χ2v) is 6.03. The van der Waals surface area contributed by atoms with Crippen molar-refractivity contribution in [3.8, 4) is 0 Å². The number of nitrogens with two attached hydrogens (primary N) is 1. The number of carbonyl (C=O) groups excluding carboxylic acids is 1. The van der Waals surface area contributed by atoms with Gasteiger partial charge < -0.3 is 16.4 Å². The predicted molar refractivity (Wildman–Crippen MR) is 104 cm³/mol. The van der Waals surface area contributed by atoms with Crippen LogP contribution in [0.3, 0.4) is 0 Å². The second kappa shape index (κ2) is 8.11. The first kappa shape index (κ1) is 17.4. The first-order chi connectivity index (χ1) is 12.6. The average molecular weight is 347 g/mol. The Hall–Kier alpha value is -3.41. The molecule has 0 aliphatic heterocycles. The average Bonchev–Trinajstić information content (AvgIpc) is 2.67. The smallest absolute Gasteiger partial charge is 0.248 e. The highest BCUT2D eigenvalue weighted by atomic mass is 16.1. The molecule has 0 saturated carbocycles. The van der Waals surface area contributed by atoms with Crippen molar-refractivity contribution >= 4 is 23.4 Å². The summed E-state index contributed by atoms with van der Waals surface area (Å²) in [5.41, 5.74) is 7.72. The molecule has 0 fully saturated rings. The lowest BCUT2D eigenvalue weighted by Gasteiger charge is -2.14. The van der Waals surface area contributed by atoms with Gasteiger partial charge in [0.1, 0.15) is 5.82 Å². The van der Waals surface area contributed by atoms with E-state index in [-0.39, 0.29) is 0 Å². The van der Waals surface area contributed by atoms with E-state index in [1.54, 1.807) is 24.4 Å². The van der Waals surface area contributed by atoms with Gasteiger partial charge in [0.2, 0.25) is 11.9 Å². The molecule has 0 spiro atoms. The molecule has 6 nitrogen and oxygen atoms in total. The van der Waals surface area contributed by atoms with E-state index < -0.39 is 5.91 Å². The van der Waals surface area contributed by atoms with Gasteiger partial charge in [-0.25, -0.2) is 4.98 Å². The van der Waals surface area contributed by atoms with Crippen LogP contribution in [0.15, 0.2) is 66.9 Å². The van der Waals surface area contributed by atoms with E-state index in [4.69, 9.17) is 5.73 Å². The van der Waals surface area contributed by atoms with Crippen LogP contribution in [0, 0.1) is 0 Å². The van der Waals surface area contributed by atoms with Gasteiger partial charge in [-0.2, -0.15) is 4.98 Å². The minimum Gasteiger partial charge on any atom is -0.369 e. The third kappa shape index (κ3) is 4.57. The van der Waals surface area contributed by atoms with Crippen LogP contribution < -0.4 is 16.4 Å². The number of nitrogens with one attached hydrogen (secondary N) is 2. The van der Waals surface area contributed by atoms with Gasteiger partial charge in [0, 0.05) is 24.0 Å². The maximum atomic E-state index is 11.3. The van der Waals surface area contributed by atoms with Crippen molar-refractivity contribution in [2.24, 2.45) is 5.73 Å². The van der Waals surface area contributed by atoms with Gasteiger partial charge in [0.05, 0.1) is 0 Å². The van der Waals surface area contributed by atoms with E-state index in [1.165, 1.54) is 5.56 Å². The molecular weight excluding hydrogens is 326 g/mol. The van der Waals surface area contributed by atoms with Gasteiger partial charge in [-0.3, -0.25) is 4.79 Å². The molecule has 0 aliphatic carbocycles. The summed E-state index contributed by atoms with van der Waals surface area (Å²) in [6.45, 7) is 2.93. The molecule has 1 amide bonds. The summed E-state index contributed by atoms with van der Waals surface area (Å²) in [6, 6.07) is 19.1. The molecule has 2 aromatic carbocycles. The third-order valence-corrected chi connectivity index (χ3v) is 4.02. The van der Waals surface area contributed by atoms with Crippen molar-refractivity contribution < 1.29 is 4.79 Å². The minimum atomic E-state index is -0.472. The molecule has 6 heteroatoms. The van der Waals surface area contributed by atoms with E-state index in [0.717, 1.165) is 12.4 Å². The number of anilines is 3. The quantitative estimate of drug-likeness (QED) is 0.608. The Bertz CT molecular complexity index is 882. The van der Waals surface area contributed by atoms with E-state index in [9.17, 15) is 4.79 Å². The lowest BCUT2D eigenvalue weighted by atomic mass is 10.0. The van der Waals surface area contributed by atoms with Crippen molar-refractivity contribution in [1.82, 2.24) is 9.97 Å². The third-order valence-electron chi connectivity index (χ3n) is 4.02. The summed E-state index contributed by atoms with van der Waals surface area (Å²) in [4.78, 5) is 20.0. The van der Waals surface area contributed by atoms with Crippen molar-refractivity contribution in [2.45, 2.75) is 12.8 Å². The lowest BCUT2D eigenvalue weighted by molar-refractivity contribution is 0.100. The summed E-state index contributed by atoms with van der Waals surface area (Å²) >= 11 is 0. The summed E-state index contributed by atoms with van der Waals surface area (Å²) in [7, 11) is 0. The highest BCUT2D eigenvalue weighted by Gasteiger charge is 2.07. The number of amides is 1. The zero-order valence-corrected chi connectivity index (χ0v) is 14.5. The molecule has 3 aromatic rings. The van der Waals surface area contributed by atoms with Crippen LogP contribution in [0.2, 0.25) is 0 Å². The van der Waals surface area contributed by atoms with Crippen LogP contribution in [0.25, 0.3) is 0 Å². The Labute approximate surface area is 152 Å². The first-order valence-electron chi connectivity index (χ1n) is 8.40. The fourth-order valence-corrected chi connectivity index (χ4v) is 2.55. The summed E-state index contributed by atoms with van der Waals surface area (Å²) < 4.78 is 0. The highest BCUT2D eigenvalue weighted by Crippen LogP contribution is 2.18. The SMILES string of the molecule is CC(CNc1ccnc(Nc2cccc(C(N)=O)c2)n1)c1ccccc1. The van der Waals surface area contributed by atoms with Crippen molar-refractivity contribution in [1.29, 1.82) is 0 Å². The van der Waals surface area contributed by atoms with Crippen LogP contribution >= 0.6 is 0 Å². The second-order valence-electron chi connectivity index (χ2n) is 6.03. The zero-order chi connectivity index (χ0) is 18.4. The fourth-order valence-electron chi connectivity index (χ4n) is 2.55. The van der Waals surface area contributed by atoms with Crippen LogP contribution in [-0.2, 0) is 0 Å². The number of rotatable bonds is 7. The molecule has 1 heterocycles. The number of benzene rings is 2. The maximum Gasteiger partial charge on any atom is 0.248 e. The molecule has 132 valence electrons. The van der Waals surface area contributed by atoms with Crippen LogP contribution in [0.5, 0.6) is 0 Å². The molecule has 0 saturated heterocycles. The Morgan fingerprint density at radius 2 is 1.92 bits per heavy atom. The van der Waals surface area contributed by atoms with Crippen LogP contribution in [0.1, 0.15) is 28.8 Å². The van der Waals surface area contributed by atoms with E-state index in [1.807, 2.05) is 30.3 Å². The van der Waals surface area contributed by atoms with Gasteiger partial charge in [0.25, 0.3) is 0 Å². The summed E-state index contributed by atoms with van der Waals surface area (Å²) in [5, 5.41) is 6.42. The molecule has 26 heavy (non-hydrogen) atoms. The largest absolute Gasteiger partial charge is 0.369 e. The van der Waals surface area contributed by atoms with Crippen molar-refractivity contribution in [3.05, 3.63) is 78.0 Å². The van der Waals surface area contributed by atoms with Gasteiger partial charge in [-0.05, 0) is 35.7 Å². The normalized spacial score (nSPS) is 11.6. The molecule has 1 atom stereocenters. The first-order valence-corrected chi connectivity index (χ1v) is 8.40. The Morgan fingerprint density at radius 3 is 2.69 bits per heavy atom. The number of carbonyl (C=O) groups is 1. The summed E-state index contributed by atoms with van der Waals surface area (Å²) in [6.07, 6.45) is 1.68. The molecule has 0 aliphatic rings. The molecule has 0 bridgehead atoms. The standard InChI is InChI=1S/C20H21N5O/c1-14(15-6-3-2-4-7-15)13-23-18-10-11-22-20(25-18)24-17-9-5-8-16(12-17)19(21)26/h2-12,14H,13H2,1H3,(H2,21,26)(H2,22,23,24,25). The maximum absolute atomic E-state index is 11.3. The van der Waals surface area contributed by atoms with Gasteiger partial charge >= 0.3 is 0 Å². The number of hydrogen-bond donors (Lipinski definition) is 3. The molecule has 0 radical (unpaired) electrons. The van der Waals surface area contributed by atoms with Crippen LogP contribution in [0.4, 0.5) is 17.5 Å². The molecule has 1 aromatic heterocycles. The lowest BCUT2D eigenvalue weighted by Crippen LogP contribution is -2.12. The Kier molecular flexibility index (Phi) is 5.43. The van der Waals surface area contributed by atoms with Gasteiger partial charge in [0.15, 0.2) is 0 Å². The summed E-state index contributed by atoms with van der Waals surface area (Å²) in [5.74, 6) is 1.06. The minimum absolute atomic E-state index is 0.356. The monoisotopic (exact) mass is 347 g/mol. The molecule has 1 unspecified atom stereocenters. The molecular formula is C20H21N5O. The predicted octanol–water partition coefficient (Wildman–Crippen LogP) is 3.53. The van der Waals surface area contributed by atoms with E-state index >= 15 is 0 Å². The van der Waals surface area contributed by atoms with E-state index in [2.05, 4.69) is 39.7 Å². The Balaban J connectivity index is 1.65. The number of primary amides is 1. The number of hydrogen-bond acceptors (Lipinski definition) is 5. The van der Waals surface area contributed by atoms with Gasteiger partial charge in [-0.1, -0.05) is 43.3 Å². The molecule has 3 rings (SSSR count). The number of nitrogens with zero attached hydrogens (tertiary/aromatic N) is 2. The van der Waals surface area contributed by atoms with Crippen LogP contribution in [-0.4, -0.2) is 22.4 Å². The number of aromatic nitrogens is 2. The van der Waals surface area contributed by atoms with Gasteiger partial charge in [-0.15, -0.1) is 0 Å².